The minimum Gasteiger partial charge on any atom is -0.437 e. The second-order valence-electron chi connectivity index (χ2n) is 12.2. The molecule has 1 saturated carbocycles. The largest absolute Gasteiger partial charge is 0.437 e. The summed E-state index contributed by atoms with van der Waals surface area (Å²) in [6, 6.07) is 14.7. The highest BCUT2D eigenvalue weighted by Gasteiger charge is 2.46. The number of likely N-dealkylation sites (tertiary alicyclic amines) is 1. The first kappa shape index (κ1) is 31.8. The van der Waals surface area contributed by atoms with E-state index in [9.17, 15) is 19.1 Å². The van der Waals surface area contributed by atoms with Crippen molar-refractivity contribution in [3.8, 4) is 23.5 Å². The van der Waals surface area contributed by atoms with E-state index in [0.29, 0.717) is 12.1 Å². The number of hydrogen-bond donors (Lipinski definition) is 2. The van der Waals surface area contributed by atoms with Crippen molar-refractivity contribution in [2.75, 3.05) is 18.8 Å². The molecule has 3 N–H and O–H groups in total. The molecule has 1 aliphatic carbocycles. The van der Waals surface area contributed by atoms with E-state index in [1.54, 1.807) is 4.90 Å². The molecule has 2 aromatic carbocycles. The standard InChI is InChI=1S/C35H34F2N6O4/c36-25-6-8-27(9-7-25)47-31-30(38)33(45)43(23-41-31)22-35(46)14-18-42(19-15-35)32(44)28-11-13-34(37,12-10-26-21-39-16-17-40-26)20-29(28)24-4-2-1-3-5-24/h1-9,16-17,21,23,28-29,46H,11,13-15,18-20,22,38H2/t28-,29+,34-/m1/s1. The van der Waals surface area contributed by atoms with Gasteiger partial charge in [-0.3, -0.25) is 19.1 Å². The Bertz CT molecular complexity index is 1840. The molecule has 12 heteroatoms. The van der Waals surface area contributed by atoms with Crippen molar-refractivity contribution in [3.05, 3.63) is 107 Å². The number of aliphatic hydroxyl groups is 1. The highest BCUT2D eigenvalue weighted by atomic mass is 19.1. The maximum absolute atomic E-state index is 16.1. The Morgan fingerprint density at radius 2 is 1.81 bits per heavy atom. The number of aromatic nitrogens is 4. The lowest BCUT2D eigenvalue weighted by atomic mass is 9.69. The van der Waals surface area contributed by atoms with E-state index in [0.717, 1.165) is 5.56 Å². The van der Waals surface area contributed by atoms with Gasteiger partial charge in [0.05, 0.1) is 18.3 Å². The summed E-state index contributed by atoms with van der Waals surface area (Å²) in [6.07, 6.45) is 6.69. The van der Waals surface area contributed by atoms with Crippen molar-refractivity contribution in [2.45, 2.75) is 55.8 Å². The summed E-state index contributed by atoms with van der Waals surface area (Å²) in [5.74, 6) is 4.36. The fourth-order valence-electron chi connectivity index (χ4n) is 6.33. The van der Waals surface area contributed by atoms with Crippen LogP contribution < -0.4 is 16.0 Å². The summed E-state index contributed by atoms with van der Waals surface area (Å²) in [5, 5.41) is 11.4. The molecule has 3 atom stereocenters. The number of alkyl halides is 1. The quantitative estimate of drug-likeness (QED) is 0.299. The van der Waals surface area contributed by atoms with E-state index < -0.39 is 28.6 Å². The number of carbonyl (C=O) groups excluding carboxylic acids is 1. The average molecular weight is 641 g/mol. The number of carbonyl (C=O) groups is 1. The molecule has 0 radical (unpaired) electrons. The van der Waals surface area contributed by atoms with E-state index >= 15 is 4.39 Å². The molecule has 4 aromatic rings. The van der Waals surface area contributed by atoms with Gasteiger partial charge in [0, 0.05) is 37.8 Å². The van der Waals surface area contributed by atoms with Crippen LogP contribution in [0.4, 0.5) is 14.5 Å². The van der Waals surface area contributed by atoms with Crippen molar-refractivity contribution in [2.24, 2.45) is 5.92 Å². The van der Waals surface area contributed by atoms with Gasteiger partial charge < -0.3 is 20.5 Å². The molecular weight excluding hydrogens is 606 g/mol. The van der Waals surface area contributed by atoms with Crippen LogP contribution in [0.15, 0.2) is 84.3 Å². The van der Waals surface area contributed by atoms with Gasteiger partial charge in [-0.05, 0) is 67.4 Å². The summed E-state index contributed by atoms with van der Waals surface area (Å²) in [6.45, 7) is 0.459. The maximum atomic E-state index is 16.1. The van der Waals surface area contributed by atoms with Crippen molar-refractivity contribution in [1.82, 2.24) is 24.4 Å². The topological polar surface area (TPSA) is 136 Å². The summed E-state index contributed by atoms with van der Waals surface area (Å²) >= 11 is 0. The zero-order valence-corrected chi connectivity index (χ0v) is 25.6. The number of nitrogen functional groups attached to an aromatic ring is 1. The number of rotatable bonds is 6. The van der Waals surface area contributed by atoms with E-state index in [1.807, 2.05) is 30.3 Å². The Morgan fingerprint density at radius 3 is 2.51 bits per heavy atom. The third kappa shape index (κ3) is 7.31. The third-order valence-corrected chi connectivity index (χ3v) is 8.94. The second-order valence-corrected chi connectivity index (χ2v) is 12.2. The van der Waals surface area contributed by atoms with Crippen LogP contribution in [0.1, 0.15) is 49.3 Å². The summed E-state index contributed by atoms with van der Waals surface area (Å²) in [4.78, 5) is 40.9. The number of halogens is 2. The summed E-state index contributed by atoms with van der Waals surface area (Å²) in [5.41, 5.74) is 3.35. The Labute approximate surface area is 270 Å². The first-order valence-corrected chi connectivity index (χ1v) is 15.4. The number of ether oxygens (including phenoxy) is 1. The van der Waals surface area contributed by atoms with Crippen molar-refractivity contribution >= 4 is 11.6 Å². The molecule has 1 amide bonds. The first-order valence-electron chi connectivity index (χ1n) is 15.4. The number of benzene rings is 2. The number of nitrogens with two attached hydrogens (primary N) is 1. The molecule has 10 nitrogen and oxygen atoms in total. The minimum absolute atomic E-state index is 0.0661. The number of piperidine rings is 1. The highest BCUT2D eigenvalue weighted by Crippen LogP contribution is 2.45. The zero-order chi connectivity index (χ0) is 33.0. The second kappa shape index (κ2) is 13.3. The van der Waals surface area contributed by atoms with Gasteiger partial charge in [-0.2, -0.15) is 0 Å². The van der Waals surface area contributed by atoms with E-state index in [1.165, 1.54) is 53.8 Å². The van der Waals surface area contributed by atoms with Gasteiger partial charge >= 0.3 is 0 Å². The van der Waals surface area contributed by atoms with E-state index in [2.05, 4.69) is 26.8 Å². The molecule has 1 aliphatic heterocycles. The first-order chi connectivity index (χ1) is 22.6. The SMILES string of the molecule is Nc1c(Oc2ccc(F)cc2)ncn(CC2(O)CCN(C(=O)[C@@H]3CC[C@](F)(C#Cc4cnccn4)C[C@H]3c3ccccc3)CC2)c1=O. The fraction of sp³-hybridized carbons (Fsp3) is 0.343. The van der Waals surface area contributed by atoms with Crippen LogP contribution in [-0.4, -0.2) is 59.8 Å². The molecule has 0 unspecified atom stereocenters. The highest BCUT2D eigenvalue weighted by molar-refractivity contribution is 5.80. The van der Waals surface area contributed by atoms with Gasteiger partial charge in [0.1, 0.15) is 23.6 Å². The molecule has 1 saturated heterocycles. The zero-order valence-electron chi connectivity index (χ0n) is 25.6. The monoisotopic (exact) mass is 640 g/mol. The molecule has 2 fully saturated rings. The average Bonchev–Trinajstić information content (AvgIpc) is 3.09. The number of hydrogen-bond acceptors (Lipinski definition) is 8. The van der Waals surface area contributed by atoms with Crippen molar-refractivity contribution in [3.63, 3.8) is 0 Å². The van der Waals surface area contributed by atoms with Crippen LogP contribution >= 0.6 is 0 Å². The molecular formula is C35H34F2N6O4. The van der Waals surface area contributed by atoms with Gasteiger partial charge in [0.15, 0.2) is 11.4 Å². The molecule has 2 aliphatic rings. The lowest BCUT2D eigenvalue weighted by Gasteiger charge is -2.43. The Hall–Kier alpha value is -5.15. The van der Waals surface area contributed by atoms with Gasteiger partial charge in [-0.25, -0.2) is 18.7 Å². The molecule has 6 rings (SSSR count). The molecule has 0 bridgehead atoms. The molecule has 242 valence electrons. The lowest BCUT2D eigenvalue weighted by Crippen LogP contribution is -2.52. The third-order valence-electron chi connectivity index (χ3n) is 8.94. The van der Waals surface area contributed by atoms with Gasteiger partial charge in [-0.1, -0.05) is 36.3 Å². The number of amides is 1. The van der Waals surface area contributed by atoms with E-state index in [-0.39, 0.29) is 74.5 Å². The van der Waals surface area contributed by atoms with Crippen LogP contribution in [0, 0.1) is 23.6 Å². The van der Waals surface area contributed by atoms with Crippen LogP contribution in [0.3, 0.4) is 0 Å². The normalized spacial score (nSPS) is 22.1. The Balaban J connectivity index is 1.12. The van der Waals surface area contributed by atoms with Crippen LogP contribution in [0.25, 0.3) is 0 Å². The van der Waals surface area contributed by atoms with Crippen molar-refractivity contribution < 1.29 is 23.4 Å². The molecule has 0 spiro atoms. The Kier molecular flexibility index (Phi) is 9.00. The summed E-state index contributed by atoms with van der Waals surface area (Å²) < 4.78 is 36.1. The molecule has 47 heavy (non-hydrogen) atoms. The molecule has 2 aromatic heterocycles. The van der Waals surface area contributed by atoms with Gasteiger partial charge in [0.2, 0.25) is 11.8 Å². The Morgan fingerprint density at radius 1 is 1.06 bits per heavy atom. The van der Waals surface area contributed by atoms with Crippen molar-refractivity contribution in [1.29, 1.82) is 0 Å². The minimum atomic E-state index is -1.79. The van der Waals surface area contributed by atoms with Gasteiger partial charge in [-0.15, -0.1) is 0 Å². The maximum Gasteiger partial charge on any atom is 0.280 e. The smallest absolute Gasteiger partial charge is 0.280 e. The predicted octanol–water partition coefficient (Wildman–Crippen LogP) is 4.24. The lowest BCUT2D eigenvalue weighted by molar-refractivity contribution is -0.142. The fourth-order valence-corrected chi connectivity index (χ4v) is 6.33. The van der Waals surface area contributed by atoms with E-state index in [4.69, 9.17) is 10.5 Å². The van der Waals surface area contributed by atoms with Crippen LogP contribution in [-0.2, 0) is 11.3 Å². The van der Waals surface area contributed by atoms with Crippen LogP contribution in [0.5, 0.6) is 11.6 Å². The van der Waals surface area contributed by atoms with Gasteiger partial charge in [0.25, 0.3) is 5.56 Å². The molecule has 3 heterocycles. The number of nitrogens with zero attached hydrogens (tertiary/aromatic N) is 5. The summed E-state index contributed by atoms with van der Waals surface area (Å²) in [7, 11) is 0. The number of anilines is 1. The van der Waals surface area contributed by atoms with Crippen LogP contribution in [0.2, 0.25) is 0 Å². The predicted molar refractivity (Wildman–Crippen MR) is 169 cm³/mol.